The van der Waals surface area contributed by atoms with Gasteiger partial charge in [-0.1, -0.05) is 42.2 Å². The summed E-state index contributed by atoms with van der Waals surface area (Å²) in [5.41, 5.74) is 2.42. The van der Waals surface area contributed by atoms with Gasteiger partial charge >= 0.3 is 5.97 Å². The van der Waals surface area contributed by atoms with E-state index in [1.165, 1.54) is 6.20 Å². The van der Waals surface area contributed by atoms with Crippen LogP contribution >= 0.6 is 0 Å². The largest absolute Gasteiger partial charge is 0.476 e. The van der Waals surface area contributed by atoms with Crippen molar-refractivity contribution in [3.63, 3.8) is 0 Å². The lowest BCUT2D eigenvalue weighted by molar-refractivity contribution is 0.0691. The zero-order valence-electron chi connectivity index (χ0n) is 18.3. The van der Waals surface area contributed by atoms with E-state index in [4.69, 9.17) is 0 Å². The highest BCUT2D eigenvalue weighted by atomic mass is 32.2. The number of rotatable bonds is 5. The monoisotopic (exact) mass is 472 g/mol. The van der Waals surface area contributed by atoms with E-state index in [-0.39, 0.29) is 10.6 Å². The van der Waals surface area contributed by atoms with Gasteiger partial charge < -0.3 is 10.4 Å². The molecule has 170 valence electrons. The quantitative estimate of drug-likeness (QED) is 0.377. The number of aromatic nitrogens is 2. The summed E-state index contributed by atoms with van der Waals surface area (Å²) in [4.78, 5) is 19.6. The summed E-state index contributed by atoms with van der Waals surface area (Å²) in [6.45, 7) is 1.72. The van der Waals surface area contributed by atoms with Gasteiger partial charge in [0.05, 0.1) is 16.9 Å². The molecule has 0 aliphatic heterocycles. The number of carboxylic acids is 1. The molecular formula is C25H20N4O4S. The molecule has 0 bridgehead atoms. The molecule has 3 N–H and O–H groups in total. The van der Waals surface area contributed by atoms with Crippen molar-refractivity contribution in [2.45, 2.75) is 11.8 Å². The van der Waals surface area contributed by atoms with Gasteiger partial charge in [0.1, 0.15) is 4.90 Å². The fraction of sp³-hybridized carbons (Fsp3) is 0.0800. The van der Waals surface area contributed by atoms with E-state index in [0.29, 0.717) is 33.6 Å². The molecule has 4 aromatic rings. The number of nitrogens with zero attached hydrogens (tertiary/aromatic N) is 2. The molecule has 0 saturated carbocycles. The average Bonchev–Trinajstić information content (AvgIpc) is 2.82. The molecule has 0 amide bonds. The predicted octanol–water partition coefficient (Wildman–Crippen LogP) is 3.88. The van der Waals surface area contributed by atoms with E-state index in [1.807, 2.05) is 12.1 Å². The Hall–Kier alpha value is -4.42. The van der Waals surface area contributed by atoms with Crippen molar-refractivity contribution in [3.05, 3.63) is 89.4 Å². The number of carbonyl (C=O) groups is 1. The van der Waals surface area contributed by atoms with E-state index >= 15 is 0 Å². The standard InChI is InChI=1S/C25H20N4O4S/c1-16-9-11-19-7-5-13-27-22(19)24(16)34(32,33)29-20-8-4-3-6-18(20)12-10-17-14-21(26-2)23(25(30)31)28-15-17/h3-9,11,13-15,26,29H,1-2H3,(H,30,31). The average molecular weight is 473 g/mol. The Morgan fingerprint density at radius 1 is 1.00 bits per heavy atom. The van der Waals surface area contributed by atoms with Crippen LogP contribution in [0.4, 0.5) is 11.4 Å². The number of fused-ring (bicyclic) bond motifs is 1. The zero-order chi connectivity index (χ0) is 24.3. The number of benzene rings is 2. The molecule has 2 aromatic carbocycles. The van der Waals surface area contributed by atoms with E-state index in [1.54, 1.807) is 62.6 Å². The summed E-state index contributed by atoms with van der Waals surface area (Å²) in [5, 5.41) is 12.7. The maximum atomic E-state index is 13.4. The molecule has 0 atom stereocenters. The third-order valence-corrected chi connectivity index (χ3v) is 6.61. The van der Waals surface area contributed by atoms with Gasteiger partial charge in [0.15, 0.2) is 5.69 Å². The Balaban J connectivity index is 1.72. The molecule has 0 radical (unpaired) electrons. The van der Waals surface area contributed by atoms with Crippen LogP contribution < -0.4 is 10.0 Å². The topological polar surface area (TPSA) is 121 Å². The Labute approximate surface area is 196 Å². The summed E-state index contributed by atoms with van der Waals surface area (Å²) < 4.78 is 29.4. The lowest BCUT2D eigenvalue weighted by Crippen LogP contribution is -2.16. The summed E-state index contributed by atoms with van der Waals surface area (Å²) in [7, 11) is -2.38. The first-order chi connectivity index (χ1) is 16.3. The minimum absolute atomic E-state index is 0.111. The molecule has 2 heterocycles. The van der Waals surface area contributed by atoms with Gasteiger partial charge in [-0.3, -0.25) is 9.71 Å². The second kappa shape index (κ2) is 9.21. The maximum absolute atomic E-state index is 13.4. The SMILES string of the molecule is CNc1cc(C#Cc2ccccc2NS(=O)(=O)c2c(C)ccc3cccnc23)cnc1C(=O)O. The fourth-order valence-electron chi connectivity index (χ4n) is 3.47. The first-order valence-corrected chi connectivity index (χ1v) is 11.7. The van der Waals surface area contributed by atoms with Gasteiger partial charge in [0.25, 0.3) is 10.0 Å². The smallest absolute Gasteiger partial charge is 0.356 e. The number of carboxylic acid groups (broad SMARTS) is 1. The van der Waals surface area contributed by atoms with Crippen LogP contribution in [-0.2, 0) is 10.0 Å². The number of anilines is 2. The van der Waals surface area contributed by atoms with Gasteiger partial charge in [-0.05, 0) is 36.8 Å². The Bertz CT molecular complexity index is 1590. The number of nitrogens with one attached hydrogen (secondary N) is 2. The van der Waals surface area contributed by atoms with Crippen molar-refractivity contribution in [1.29, 1.82) is 0 Å². The van der Waals surface area contributed by atoms with Gasteiger partial charge in [0.2, 0.25) is 0 Å². The minimum Gasteiger partial charge on any atom is -0.476 e. The molecule has 34 heavy (non-hydrogen) atoms. The van der Waals surface area contributed by atoms with Crippen molar-refractivity contribution in [2.75, 3.05) is 17.1 Å². The highest BCUT2D eigenvalue weighted by Crippen LogP contribution is 2.27. The van der Waals surface area contributed by atoms with Crippen LogP contribution in [0, 0.1) is 18.8 Å². The van der Waals surface area contributed by atoms with Crippen molar-refractivity contribution in [2.24, 2.45) is 0 Å². The van der Waals surface area contributed by atoms with E-state index in [9.17, 15) is 18.3 Å². The maximum Gasteiger partial charge on any atom is 0.356 e. The minimum atomic E-state index is -3.97. The van der Waals surface area contributed by atoms with Crippen molar-refractivity contribution in [1.82, 2.24) is 9.97 Å². The first kappa shape index (κ1) is 22.8. The van der Waals surface area contributed by atoms with Crippen LogP contribution in [0.25, 0.3) is 10.9 Å². The Morgan fingerprint density at radius 3 is 2.56 bits per heavy atom. The third kappa shape index (κ3) is 4.53. The van der Waals surface area contributed by atoms with Crippen LogP contribution in [0.1, 0.15) is 27.2 Å². The number of sulfonamides is 1. The molecule has 0 aliphatic carbocycles. The Morgan fingerprint density at radius 2 is 1.79 bits per heavy atom. The molecule has 0 unspecified atom stereocenters. The molecule has 0 spiro atoms. The van der Waals surface area contributed by atoms with Crippen LogP contribution in [0.5, 0.6) is 0 Å². The summed E-state index contributed by atoms with van der Waals surface area (Å²) >= 11 is 0. The Kier molecular flexibility index (Phi) is 6.17. The molecule has 8 nitrogen and oxygen atoms in total. The number of pyridine rings is 2. The fourth-order valence-corrected chi connectivity index (χ4v) is 4.96. The molecule has 2 aromatic heterocycles. The molecule has 0 fully saturated rings. The van der Waals surface area contributed by atoms with Gasteiger partial charge in [-0.25, -0.2) is 18.2 Å². The number of aromatic carboxylic acids is 1. The second-order valence-corrected chi connectivity index (χ2v) is 8.98. The van der Waals surface area contributed by atoms with Crippen LogP contribution in [-0.4, -0.2) is 36.5 Å². The highest BCUT2D eigenvalue weighted by Gasteiger charge is 2.22. The van der Waals surface area contributed by atoms with Crippen LogP contribution in [0.3, 0.4) is 0 Å². The van der Waals surface area contributed by atoms with E-state index in [0.717, 1.165) is 5.39 Å². The van der Waals surface area contributed by atoms with Gasteiger partial charge in [-0.2, -0.15) is 0 Å². The first-order valence-electron chi connectivity index (χ1n) is 10.2. The van der Waals surface area contributed by atoms with Crippen LogP contribution in [0.2, 0.25) is 0 Å². The lowest BCUT2D eigenvalue weighted by Gasteiger charge is -2.13. The van der Waals surface area contributed by atoms with Crippen molar-refractivity contribution >= 4 is 38.3 Å². The molecule has 9 heteroatoms. The molecule has 4 rings (SSSR count). The third-order valence-electron chi connectivity index (χ3n) is 5.07. The number of aryl methyl sites for hydroxylation is 1. The van der Waals surface area contributed by atoms with E-state index in [2.05, 4.69) is 31.8 Å². The summed E-state index contributed by atoms with van der Waals surface area (Å²) in [5.74, 6) is 4.71. The molecule has 0 saturated heterocycles. The lowest BCUT2D eigenvalue weighted by atomic mass is 10.1. The van der Waals surface area contributed by atoms with Gasteiger partial charge in [-0.15, -0.1) is 0 Å². The van der Waals surface area contributed by atoms with Gasteiger partial charge in [0, 0.05) is 36.0 Å². The summed E-state index contributed by atoms with van der Waals surface area (Å²) in [6.07, 6.45) is 2.92. The summed E-state index contributed by atoms with van der Waals surface area (Å²) in [6, 6.07) is 15.5. The number of para-hydroxylation sites is 1. The van der Waals surface area contributed by atoms with Crippen LogP contribution in [0.15, 0.2) is 71.9 Å². The zero-order valence-corrected chi connectivity index (χ0v) is 19.1. The van der Waals surface area contributed by atoms with Crippen molar-refractivity contribution in [3.8, 4) is 11.8 Å². The second-order valence-electron chi connectivity index (χ2n) is 7.36. The number of hydrogen-bond acceptors (Lipinski definition) is 6. The normalized spacial score (nSPS) is 10.9. The number of hydrogen-bond donors (Lipinski definition) is 3. The highest BCUT2D eigenvalue weighted by molar-refractivity contribution is 7.93. The van der Waals surface area contributed by atoms with E-state index < -0.39 is 16.0 Å². The molecular weight excluding hydrogens is 452 g/mol. The molecule has 0 aliphatic rings. The predicted molar refractivity (Wildman–Crippen MR) is 130 cm³/mol. The van der Waals surface area contributed by atoms with Crippen molar-refractivity contribution < 1.29 is 18.3 Å².